The van der Waals surface area contributed by atoms with E-state index < -0.39 is 27.7 Å². The monoisotopic (exact) mass is 306 g/mol. The van der Waals surface area contributed by atoms with Gasteiger partial charge in [-0.05, 0) is 31.0 Å². The van der Waals surface area contributed by atoms with Gasteiger partial charge in [-0.15, -0.1) is 0 Å². The van der Waals surface area contributed by atoms with Gasteiger partial charge in [0.2, 0.25) is 0 Å². The van der Waals surface area contributed by atoms with Gasteiger partial charge in [0.15, 0.2) is 9.84 Å². The van der Waals surface area contributed by atoms with E-state index in [0.29, 0.717) is 12.8 Å². The van der Waals surface area contributed by atoms with E-state index in [2.05, 4.69) is 0 Å². The van der Waals surface area contributed by atoms with Crippen LogP contribution in [0, 0.1) is 5.82 Å². The molecule has 0 saturated carbocycles. The molecule has 1 aliphatic heterocycles. The Labute approximate surface area is 115 Å². The van der Waals surface area contributed by atoms with Gasteiger partial charge < -0.3 is 4.74 Å². The molecule has 0 aliphatic carbocycles. The number of carbonyl (C=O) groups excluding carboxylic acids is 1. The van der Waals surface area contributed by atoms with Gasteiger partial charge in [0.25, 0.3) is 0 Å². The molecule has 1 saturated heterocycles. The van der Waals surface area contributed by atoms with Crippen LogP contribution in [0.3, 0.4) is 0 Å². The fourth-order valence-corrected chi connectivity index (χ4v) is 3.61. The normalized spacial score (nSPS) is 21.9. The molecule has 1 aromatic rings. The SMILES string of the molecule is O=C(O[C@@H]1CCCS(=O)(=O)C1)c1ccc(Cl)c(F)c1. The van der Waals surface area contributed by atoms with E-state index in [-0.39, 0.29) is 22.1 Å². The van der Waals surface area contributed by atoms with Crippen molar-refractivity contribution in [3.05, 3.63) is 34.6 Å². The first-order valence-corrected chi connectivity index (χ1v) is 7.94. The second-order valence-electron chi connectivity index (χ2n) is 4.41. The summed E-state index contributed by atoms with van der Waals surface area (Å²) in [6.07, 6.45) is 0.307. The Morgan fingerprint density at radius 3 is 2.79 bits per heavy atom. The second-order valence-corrected chi connectivity index (χ2v) is 7.05. The highest BCUT2D eigenvalue weighted by Gasteiger charge is 2.28. The largest absolute Gasteiger partial charge is 0.458 e. The van der Waals surface area contributed by atoms with E-state index in [1.807, 2.05) is 0 Å². The van der Waals surface area contributed by atoms with Gasteiger partial charge in [0.05, 0.1) is 22.1 Å². The van der Waals surface area contributed by atoms with Crippen LogP contribution in [0.25, 0.3) is 0 Å². The van der Waals surface area contributed by atoms with Crippen LogP contribution in [0.2, 0.25) is 5.02 Å². The van der Waals surface area contributed by atoms with Gasteiger partial charge in [0, 0.05) is 0 Å². The minimum atomic E-state index is -3.15. The third-order valence-electron chi connectivity index (χ3n) is 2.85. The predicted molar refractivity (Wildman–Crippen MR) is 68.5 cm³/mol. The maximum Gasteiger partial charge on any atom is 0.338 e. The van der Waals surface area contributed by atoms with Crippen molar-refractivity contribution in [2.24, 2.45) is 0 Å². The zero-order valence-corrected chi connectivity index (χ0v) is 11.5. The van der Waals surface area contributed by atoms with Gasteiger partial charge >= 0.3 is 5.97 Å². The number of ether oxygens (including phenoxy) is 1. The van der Waals surface area contributed by atoms with Gasteiger partial charge in [-0.3, -0.25) is 0 Å². The van der Waals surface area contributed by atoms with E-state index in [4.69, 9.17) is 16.3 Å². The molecule has 1 heterocycles. The molecular formula is C12H12ClFO4S. The summed E-state index contributed by atoms with van der Waals surface area (Å²) < 4.78 is 41.1. The lowest BCUT2D eigenvalue weighted by molar-refractivity contribution is 0.0323. The predicted octanol–water partition coefficient (Wildman–Crippen LogP) is 2.21. The summed E-state index contributed by atoms with van der Waals surface area (Å²) in [5.74, 6) is -1.50. The van der Waals surface area contributed by atoms with Crippen LogP contribution in [-0.4, -0.2) is 32.0 Å². The number of hydrogen-bond acceptors (Lipinski definition) is 4. The molecule has 1 aliphatic rings. The van der Waals surface area contributed by atoms with Crippen LogP contribution in [0.15, 0.2) is 18.2 Å². The molecular weight excluding hydrogens is 295 g/mol. The minimum absolute atomic E-state index is 0.0184. The lowest BCUT2D eigenvalue weighted by atomic mass is 10.2. The number of hydrogen-bond donors (Lipinski definition) is 0. The molecule has 0 aromatic heterocycles. The average molecular weight is 307 g/mol. The number of carbonyl (C=O) groups is 1. The molecule has 0 radical (unpaired) electrons. The summed E-state index contributed by atoms with van der Waals surface area (Å²) in [6.45, 7) is 0. The average Bonchev–Trinajstić information content (AvgIpc) is 2.31. The Kier molecular flexibility index (Phi) is 4.10. The van der Waals surface area contributed by atoms with E-state index in [0.717, 1.165) is 6.07 Å². The van der Waals surface area contributed by atoms with Gasteiger partial charge in [-0.1, -0.05) is 11.6 Å². The Balaban J connectivity index is 2.06. The molecule has 1 aromatic carbocycles. The summed E-state index contributed by atoms with van der Waals surface area (Å²) >= 11 is 5.51. The van der Waals surface area contributed by atoms with Gasteiger partial charge in [-0.25, -0.2) is 17.6 Å². The van der Waals surface area contributed by atoms with Crippen molar-refractivity contribution in [1.29, 1.82) is 0 Å². The molecule has 1 fully saturated rings. The van der Waals surface area contributed by atoms with Crippen molar-refractivity contribution >= 4 is 27.4 Å². The Bertz CT molecular complexity index is 600. The summed E-state index contributed by atoms with van der Waals surface area (Å²) in [5, 5.41) is -0.0863. The fourth-order valence-electron chi connectivity index (χ4n) is 1.92. The molecule has 0 N–H and O–H groups in total. The molecule has 0 amide bonds. The number of halogens is 2. The molecule has 0 bridgehead atoms. The first-order chi connectivity index (χ1) is 8.87. The highest BCUT2D eigenvalue weighted by atomic mass is 35.5. The molecule has 0 unspecified atom stereocenters. The summed E-state index contributed by atoms with van der Waals surface area (Å²) in [5.41, 5.74) is 0.0184. The highest BCUT2D eigenvalue weighted by molar-refractivity contribution is 7.91. The van der Waals surface area contributed by atoms with Gasteiger partial charge in [0.1, 0.15) is 11.9 Å². The van der Waals surface area contributed by atoms with Crippen LogP contribution in [-0.2, 0) is 14.6 Å². The van der Waals surface area contributed by atoms with Crippen molar-refractivity contribution in [3.63, 3.8) is 0 Å². The van der Waals surface area contributed by atoms with Crippen molar-refractivity contribution in [1.82, 2.24) is 0 Å². The molecule has 4 nitrogen and oxygen atoms in total. The third-order valence-corrected chi connectivity index (χ3v) is 4.95. The van der Waals surface area contributed by atoms with Gasteiger partial charge in [-0.2, -0.15) is 0 Å². The Morgan fingerprint density at radius 2 is 2.16 bits per heavy atom. The molecule has 104 valence electrons. The van der Waals surface area contributed by atoms with Crippen LogP contribution >= 0.6 is 11.6 Å². The van der Waals surface area contributed by atoms with Crippen LogP contribution in [0.1, 0.15) is 23.2 Å². The summed E-state index contributed by atoms with van der Waals surface area (Å²) in [6, 6.07) is 3.57. The zero-order valence-electron chi connectivity index (χ0n) is 9.93. The van der Waals surface area contributed by atoms with E-state index >= 15 is 0 Å². The lowest BCUT2D eigenvalue weighted by Gasteiger charge is -2.22. The van der Waals surface area contributed by atoms with Crippen molar-refractivity contribution in [2.45, 2.75) is 18.9 Å². The van der Waals surface area contributed by atoms with Crippen molar-refractivity contribution in [2.75, 3.05) is 11.5 Å². The first kappa shape index (κ1) is 14.3. The third kappa shape index (κ3) is 3.67. The number of benzene rings is 1. The fraction of sp³-hybridized carbons (Fsp3) is 0.417. The second kappa shape index (κ2) is 5.46. The van der Waals surface area contributed by atoms with Crippen LogP contribution < -0.4 is 0 Å². The lowest BCUT2D eigenvalue weighted by Crippen LogP contribution is -2.33. The maximum atomic E-state index is 13.2. The van der Waals surface area contributed by atoms with E-state index in [9.17, 15) is 17.6 Å². The smallest absolute Gasteiger partial charge is 0.338 e. The molecule has 7 heteroatoms. The van der Waals surface area contributed by atoms with Crippen molar-refractivity contribution < 1.29 is 22.3 Å². The molecule has 0 spiro atoms. The summed E-state index contributed by atoms with van der Waals surface area (Å²) in [7, 11) is -3.15. The quantitative estimate of drug-likeness (QED) is 0.786. The topological polar surface area (TPSA) is 60.4 Å². The van der Waals surface area contributed by atoms with Crippen molar-refractivity contribution in [3.8, 4) is 0 Å². The maximum absolute atomic E-state index is 13.2. The first-order valence-electron chi connectivity index (χ1n) is 5.74. The number of rotatable bonds is 2. The molecule has 1 atom stereocenters. The number of sulfone groups is 1. The minimum Gasteiger partial charge on any atom is -0.458 e. The van der Waals surface area contributed by atoms with Crippen LogP contribution in [0.5, 0.6) is 0 Å². The molecule has 2 rings (SSSR count). The summed E-state index contributed by atoms with van der Waals surface area (Å²) in [4.78, 5) is 11.8. The van der Waals surface area contributed by atoms with Crippen LogP contribution in [0.4, 0.5) is 4.39 Å². The van der Waals surface area contributed by atoms with E-state index in [1.54, 1.807) is 0 Å². The Morgan fingerprint density at radius 1 is 1.42 bits per heavy atom. The number of esters is 1. The zero-order chi connectivity index (χ0) is 14.0. The standard InChI is InChI=1S/C12H12ClFO4S/c13-10-4-3-8(6-11(10)14)12(15)18-9-2-1-5-19(16,17)7-9/h3-4,6,9H,1-2,5,7H2/t9-/m1/s1. The highest BCUT2D eigenvalue weighted by Crippen LogP contribution is 2.19. The molecule has 19 heavy (non-hydrogen) atoms. The Hall–Kier alpha value is -1.14. The van der Waals surface area contributed by atoms with E-state index in [1.165, 1.54) is 12.1 Å².